The molecule has 1 N–H and O–H groups in total. The molecular formula is C15H29N3O. The highest BCUT2D eigenvalue weighted by atomic mass is 16.5. The van der Waals surface area contributed by atoms with Gasteiger partial charge in [0.15, 0.2) is 0 Å². The number of aromatic nitrogens is 2. The van der Waals surface area contributed by atoms with Crippen molar-refractivity contribution < 1.29 is 4.74 Å². The lowest BCUT2D eigenvalue weighted by Gasteiger charge is -2.19. The molecule has 0 saturated heterocycles. The van der Waals surface area contributed by atoms with Gasteiger partial charge in [0, 0.05) is 38.4 Å². The fraction of sp³-hybridized carbons (Fsp3) is 0.800. The number of rotatable bonds is 9. The van der Waals surface area contributed by atoms with Crippen molar-refractivity contribution in [3.63, 3.8) is 0 Å². The van der Waals surface area contributed by atoms with Gasteiger partial charge in [-0.3, -0.25) is 4.68 Å². The summed E-state index contributed by atoms with van der Waals surface area (Å²) in [6.07, 6.45) is 5.30. The van der Waals surface area contributed by atoms with Crippen LogP contribution in [0.1, 0.15) is 45.3 Å². The predicted octanol–water partition coefficient (Wildman–Crippen LogP) is 2.66. The fourth-order valence-corrected chi connectivity index (χ4v) is 2.31. The van der Waals surface area contributed by atoms with Crippen LogP contribution >= 0.6 is 0 Å². The molecule has 0 bridgehead atoms. The van der Waals surface area contributed by atoms with Crippen LogP contribution in [-0.4, -0.2) is 36.6 Å². The van der Waals surface area contributed by atoms with E-state index in [4.69, 9.17) is 4.74 Å². The van der Waals surface area contributed by atoms with Gasteiger partial charge in [0.2, 0.25) is 0 Å². The van der Waals surface area contributed by atoms with E-state index < -0.39 is 0 Å². The standard InChI is InChI=1S/C15H29N3O/c1-6-13(3)18-8-7-14(17-18)10-15(16-4)9-12(2)11-19-5/h7-8,12-13,15-16H,6,9-11H2,1-5H3. The Labute approximate surface area is 117 Å². The molecule has 4 heteroatoms. The molecule has 0 radical (unpaired) electrons. The summed E-state index contributed by atoms with van der Waals surface area (Å²) in [7, 11) is 3.79. The molecule has 0 amide bonds. The van der Waals surface area contributed by atoms with E-state index in [0.717, 1.165) is 25.9 Å². The summed E-state index contributed by atoms with van der Waals surface area (Å²) in [5.41, 5.74) is 1.17. The highest BCUT2D eigenvalue weighted by Gasteiger charge is 2.14. The lowest BCUT2D eigenvalue weighted by atomic mass is 9.99. The third-order valence-corrected chi connectivity index (χ3v) is 3.71. The van der Waals surface area contributed by atoms with Crippen LogP contribution in [0.15, 0.2) is 12.3 Å². The van der Waals surface area contributed by atoms with Gasteiger partial charge in [-0.05, 0) is 38.8 Å². The number of nitrogens with zero attached hydrogens (tertiary/aromatic N) is 2. The molecule has 1 rings (SSSR count). The van der Waals surface area contributed by atoms with Crippen molar-refractivity contribution in [1.82, 2.24) is 15.1 Å². The van der Waals surface area contributed by atoms with Crippen molar-refractivity contribution in [1.29, 1.82) is 0 Å². The molecule has 0 aliphatic rings. The zero-order valence-corrected chi connectivity index (χ0v) is 13.0. The Morgan fingerprint density at radius 3 is 2.74 bits per heavy atom. The maximum atomic E-state index is 5.20. The number of hydrogen-bond acceptors (Lipinski definition) is 3. The van der Waals surface area contributed by atoms with Crippen LogP contribution < -0.4 is 5.32 Å². The maximum Gasteiger partial charge on any atom is 0.0640 e. The van der Waals surface area contributed by atoms with E-state index in [2.05, 4.69) is 48.1 Å². The molecule has 110 valence electrons. The summed E-state index contributed by atoms with van der Waals surface area (Å²) in [4.78, 5) is 0. The third kappa shape index (κ3) is 5.33. The van der Waals surface area contributed by atoms with Gasteiger partial charge in [0.05, 0.1) is 5.69 Å². The molecule has 19 heavy (non-hydrogen) atoms. The molecule has 0 spiro atoms. The first kappa shape index (κ1) is 16.2. The highest BCUT2D eigenvalue weighted by molar-refractivity contribution is 5.02. The first-order valence-electron chi connectivity index (χ1n) is 7.30. The average Bonchev–Trinajstić information content (AvgIpc) is 2.85. The zero-order chi connectivity index (χ0) is 14.3. The Kier molecular flexibility index (Phi) is 7.10. The molecule has 0 saturated carbocycles. The summed E-state index contributed by atoms with van der Waals surface area (Å²) in [5.74, 6) is 0.569. The van der Waals surface area contributed by atoms with Crippen LogP contribution in [0, 0.1) is 5.92 Å². The fourth-order valence-electron chi connectivity index (χ4n) is 2.31. The smallest absolute Gasteiger partial charge is 0.0640 e. The molecule has 0 aliphatic heterocycles. The van der Waals surface area contributed by atoms with Gasteiger partial charge < -0.3 is 10.1 Å². The summed E-state index contributed by atoms with van der Waals surface area (Å²) in [6.45, 7) is 7.44. The van der Waals surface area contributed by atoms with Crippen LogP contribution in [-0.2, 0) is 11.2 Å². The van der Waals surface area contributed by atoms with Crippen molar-refractivity contribution in [2.75, 3.05) is 20.8 Å². The van der Waals surface area contributed by atoms with Crippen LogP contribution in [0.3, 0.4) is 0 Å². The summed E-state index contributed by atoms with van der Waals surface area (Å²) in [5, 5.41) is 8.05. The van der Waals surface area contributed by atoms with E-state index in [1.165, 1.54) is 5.69 Å². The largest absolute Gasteiger partial charge is 0.384 e. The SMILES string of the molecule is CCC(C)n1ccc(CC(CC(C)COC)NC)n1. The Hall–Kier alpha value is -0.870. The van der Waals surface area contributed by atoms with Gasteiger partial charge in [-0.1, -0.05) is 13.8 Å². The molecule has 1 heterocycles. The summed E-state index contributed by atoms with van der Waals surface area (Å²) < 4.78 is 7.27. The molecule has 0 aliphatic carbocycles. The normalized spacial score (nSPS) is 16.3. The number of likely N-dealkylation sites (N-methyl/N-ethyl adjacent to an activating group) is 1. The highest BCUT2D eigenvalue weighted by Crippen LogP contribution is 2.13. The van der Waals surface area contributed by atoms with Crippen molar-refractivity contribution >= 4 is 0 Å². The molecule has 4 nitrogen and oxygen atoms in total. The van der Waals surface area contributed by atoms with Gasteiger partial charge in [0.1, 0.15) is 0 Å². The summed E-state index contributed by atoms with van der Waals surface area (Å²) in [6, 6.07) is 3.08. The first-order chi connectivity index (χ1) is 9.10. The van der Waals surface area contributed by atoms with Crippen molar-refractivity contribution in [2.24, 2.45) is 5.92 Å². The van der Waals surface area contributed by atoms with E-state index in [1.807, 2.05) is 7.05 Å². The van der Waals surface area contributed by atoms with Crippen LogP contribution in [0.25, 0.3) is 0 Å². The van der Waals surface area contributed by atoms with E-state index in [9.17, 15) is 0 Å². The second kappa shape index (κ2) is 8.33. The monoisotopic (exact) mass is 267 g/mol. The molecule has 0 fully saturated rings. The number of ether oxygens (including phenoxy) is 1. The van der Waals surface area contributed by atoms with Gasteiger partial charge >= 0.3 is 0 Å². The Morgan fingerprint density at radius 1 is 1.42 bits per heavy atom. The van der Waals surface area contributed by atoms with Crippen LogP contribution in [0.4, 0.5) is 0 Å². The van der Waals surface area contributed by atoms with E-state index in [0.29, 0.717) is 18.0 Å². The lowest BCUT2D eigenvalue weighted by molar-refractivity contribution is 0.150. The topological polar surface area (TPSA) is 39.1 Å². The first-order valence-corrected chi connectivity index (χ1v) is 7.30. The van der Waals surface area contributed by atoms with E-state index in [-0.39, 0.29) is 0 Å². The minimum atomic E-state index is 0.463. The quantitative estimate of drug-likeness (QED) is 0.747. The van der Waals surface area contributed by atoms with Crippen LogP contribution in [0.2, 0.25) is 0 Å². The predicted molar refractivity (Wildman–Crippen MR) is 79.4 cm³/mol. The zero-order valence-electron chi connectivity index (χ0n) is 13.0. The van der Waals surface area contributed by atoms with E-state index in [1.54, 1.807) is 7.11 Å². The molecule has 3 unspecified atom stereocenters. The molecule has 0 aromatic carbocycles. The third-order valence-electron chi connectivity index (χ3n) is 3.71. The van der Waals surface area contributed by atoms with E-state index >= 15 is 0 Å². The number of nitrogens with one attached hydrogen (secondary N) is 1. The van der Waals surface area contributed by atoms with Crippen molar-refractivity contribution in [2.45, 2.75) is 52.1 Å². The second-order valence-electron chi connectivity index (χ2n) is 5.53. The Bertz CT molecular complexity index is 351. The number of hydrogen-bond donors (Lipinski definition) is 1. The van der Waals surface area contributed by atoms with Gasteiger partial charge in [0.25, 0.3) is 0 Å². The van der Waals surface area contributed by atoms with Gasteiger partial charge in [-0.15, -0.1) is 0 Å². The average molecular weight is 267 g/mol. The molecule has 1 aromatic rings. The summed E-state index contributed by atoms with van der Waals surface area (Å²) >= 11 is 0. The van der Waals surface area contributed by atoms with Gasteiger partial charge in [-0.25, -0.2) is 0 Å². The van der Waals surface area contributed by atoms with Crippen molar-refractivity contribution in [3.05, 3.63) is 18.0 Å². The van der Waals surface area contributed by atoms with Crippen LogP contribution in [0.5, 0.6) is 0 Å². The maximum absolute atomic E-state index is 5.20. The molecule has 1 aromatic heterocycles. The minimum Gasteiger partial charge on any atom is -0.384 e. The second-order valence-corrected chi connectivity index (χ2v) is 5.53. The number of methoxy groups -OCH3 is 1. The molecular weight excluding hydrogens is 238 g/mol. The minimum absolute atomic E-state index is 0.463. The Morgan fingerprint density at radius 2 is 2.16 bits per heavy atom. The van der Waals surface area contributed by atoms with Gasteiger partial charge in [-0.2, -0.15) is 5.10 Å². The lowest BCUT2D eigenvalue weighted by Crippen LogP contribution is -2.30. The Balaban J connectivity index is 2.53. The molecule has 3 atom stereocenters. The van der Waals surface area contributed by atoms with Crippen molar-refractivity contribution in [3.8, 4) is 0 Å².